The quantitative estimate of drug-likeness (QED) is 0.901. The largest absolute Gasteiger partial charge is 0.319 e. The van der Waals surface area contributed by atoms with E-state index >= 15 is 0 Å². The molecule has 17 heavy (non-hydrogen) atoms. The predicted octanol–water partition coefficient (Wildman–Crippen LogP) is 1.93. The van der Waals surface area contributed by atoms with Crippen molar-refractivity contribution >= 4 is 11.5 Å². The highest BCUT2D eigenvalue weighted by molar-refractivity contribution is 7.05. The lowest BCUT2D eigenvalue weighted by Gasteiger charge is -2.10. The van der Waals surface area contributed by atoms with Crippen LogP contribution in [0.3, 0.4) is 0 Å². The van der Waals surface area contributed by atoms with Crippen LogP contribution >= 0.6 is 11.5 Å². The third-order valence-corrected chi connectivity index (χ3v) is 3.53. The molecule has 0 aromatic carbocycles. The zero-order chi connectivity index (χ0) is 12.4. The molecule has 1 unspecified atom stereocenters. The molecule has 0 saturated carbocycles. The van der Waals surface area contributed by atoms with E-state index in [1.807, 2.05) is 17.1 Å². The molecule has 2 aromatic heterocycles. The van der Waals surface area contributed by atoms with Crippen molar-refractivity contribution in [2.45, 2.75) is 39.3 Å². The molecule has 0 aliphatic heterocycles. The van der Waals surface area contributed by atoms with Gasteiger partial charge in [0.1, 0.15) is 0 Å². The van der Waals surface area contributed by atoms with E-state index in [0.717, 1.165) is 22.7 Å². The van der Waals surface area contributed by atoms with Crippen LogP contribution in [-0.2, 0) is 6.54 Å². The highest BCUT2D eigenvalue weighted by atomic mass is 32.1. The Balaban J connectivity index is 2.30. The molecule has 0 bridgehead atoms. The number of rotatable bonds is 4. The molecule has 0 saturated heterocycles. The van der Waals surface area contributed by atoms with Gasteiger partial charge in [-0.05, 0) is 24.4 Å². The summed E-state index contributed by atoms with van der Waals surface area (Å²) in [4.78, 5) is 1.04. The molecule has 2 N–H and O–H groups in total. The third-order valence-electron chi connectivity index (χ3n) is 2.71. The van der Waals surface area contributed by atoms with Crippen LogP contribution in [0.25, 0.3) is 0 Å². The van der Waals surface area contributed by atoms with Crippen LogP contribution in [0, 0.1) is 0 Å². The van der Waals surface area contributed by atoms with Gasteiger partial charge in [0.15, 0.2) is 0 Å². The standard InChI is InChI=1S/C11H17N5S/c1-4-16-6-8(5-13-16)9(12)11-10(7(2)3)14-15-17-11/h5-7,9H,4,12H2,1-3H3. The summed E-state index contributed by atoms with van der Waals surface area (Å²) in [6.45, 7) is 7.10. The van der Waals surface area contributed by atoms with E-state index in [1.54, 1.807) is 0 Å². The number of aromatic nitrogens is 4. The van der Waals surface area contributed by atoms with Gasteiger partial charge in [0.05, 0.1) is 22.8 Å². The fraction of sp³-hybridized carbons (Fsp3) is 0.545. The Morgan fingerprint density at radius 2 is 2.24 bits per heavy atom. The number of hydrogen-bond acceptors (Lipinski definition) is 5. The molecule has 2 rings (SSSR count). The first-order valence-electron chi connectivity index (χ1n) is 5.73. The maximum Gasteiger partial charge on any atom is 0.0832 e. The van der Waals surface area contributed by atoms with E-state index in [-0.39, 0.29) is 6.04 Å². The molecular formula is C11H17N5S. The SMILES string of the molecule is CCn1cc(C(N)c2snnc2C(C)C)cn1. The zero-order valence-corrected chi connectivity index (χ0v) is 11.1. The highest BCUT2D eigenvalue weighted by Gasteiger charge is 2.20. The zero-order valence-electron chi connectivity index (χ0n) is 10.3. The molecule has 2 aromatic rings. The van der Waals surface area contributed by atoms with Gasteiger partial charge in [0.25, 0.3) is 0 Å². The Morgan fingerprint density at radius 3 is 2.82 bits per heavy atom. The summed E-state index contributed by atoms with van der Waals surface area (Å²) in [5.74, 6) is 0.344. The summed E-state index contributed by atoms with van der Waals surface area (Å²) in [5, 5.41) is 8.39. The molecule has 0 fully saturated rings. The minimum Gasteiger partial charge on any atom is -0.319 e. The van der Waals surface area contributed by atoms with Crippen molar-refractivity contribution in [3.8, 4) is 0 Å². The maximum absolute atomic E-state index is 6.24. The summed E-state index contributed by atoms with van der Waals surface area (Å²) in [6.07, 6.45) is 3.80. The smallest absolute Gasteiger partial charge is 0.0832 e. The molecule has 0 spiro atoms. The van der Waals surface area contributed by atoms with Gasteiger partial charge < -0.3 is 5.73 Å². The minimum atomic E-state index is -0.173. The van der Waals surface area contributed by atoms with Gasteiger partial charge in [0.2, 0.25) is 0 Å². The van der Waals surface area contributed by atoms with Crippen molar-refractivity contribution in [1.29, 1.82) is 0 Å². The Kier molecular flexibility index (Phi) is 3.54. The molecule has 5 nitrogen and oxygen atoms in total. The lowest BCUT2D eigenvalue weighted by atomic mass is 10.0. The van der Waals surface area contributed by atoms with Crippen molar-refractivity contribution < 1.29 is 0 Å². The van der Waals surface area contributed by atoms with Crippen LogP contribution < -0.4 is 5.73 Å². The minimum absolute atomic E-state index is 0.173. The Bertz CT molecular complexity index is 488. The fourth-order valence-electron chi connectivity index (χ4n) is 1.68. The molecular weight excluding hydrogens is 234 g/mol. The van der Waals surface area contributed by atoms with Gasteiger partial charge in [-0.25, -0.2) is 0 Å². The van der Waals surface area contributed by atoms with Crippen molar-refractivity contribution in [2.75, 3.05) is 0 Å². The first-order chi connectivity index (χ1) is 8.13. The molecule has 2 heterocycles. The predicted molar refractivity (Wildman–Crippen MR) is 67.9 cm³/mol. The van der Waals surface area contributed by atoms with E-state index < -0.39 is 0 Å². The van der Waals surface area contributed by atoms with Crippen LogP contribution in [-0.4, -0.2) is 19.4 Å². The second-order valence-corrected chi connectivity index (χ2v) is 5.07. The second kappa shape index (κ2) is 4.93. The number of nitrogens with zero attached hydrogens (tertiary/aromatic N) is 4. The highest BCUT2D eigenvalue weighted by Crippen LogP contribution is 2.28. The Hall–Kier alpha value is -1.27. The van der Waals surface area contributed by atoms with E-state index in [2.05, 4.69) is 35.5 Å². The molecule has 0 aliphatic carbocycles. The van der Waals surface area contributed by atoms with Crippen LogP contribution in [0.2, 0.25) is 0 Å². The Morgan fingerprint density at radius 1 is 1.47 bits per heavy atom. The summed E-state index contributed by atoms with van der Waals surface area (Å²) < 4.78 is 5.88. The van der Waals surface area contributed by atoms with Gasteiger partial charge in [-0.2, -0.15) is 5.10 Å². The van der Waals surface area contributed by atoms with Gasteiger partial charge in [-0.1, -0.05) is 18.3 Å². The monoisotopic (exact) mass is 251 g/mol. The van der Waals surface area contributed by atoms with Crippen molar-refractivity contribution in [1.82, 2.24) is 19.4 Å². The van der Waals surface area contributed by atoms with Crippen molar-refractivity contribution in [3.63, 3.8) is 0 Å². The average Bonchev–Trinajstić information content (AvgIpc) is 2.97. The second-order valence-electron chi connectivity index (χ2n) is 4.28. The van der Waals surface area contributed by atoms with E-state index in [0.29, 0.717) is 5.92 Å². The summed E-state index contributed by atoms with van der Waals surface area (Å²) in [5.41, 5.74) is 8.25. The van der Waals surface area contributed by atoms with Crippen molar-refractivity contribution in [3.05, 3.63) is 28.5 Å². The Labute approximate surface area is 105 Å². The lowest BCUT2D eigenvalue weighted by Crippen LogP contribution is -2.12. The van der Waals surface area contributed by atoms with Crippen LogP contribution in [0.15, 0.2) is 12.4 Å². The summed E-state index contributed by atoms with van der Waals surface area (Å²) in [6, 6.07) is -0.173. The van der Waals surface area contributed by atoms with Gasteiger partial charge >= 0.3 is 0 Å². The molecule has 0 radical (unpaired) electrons. The topological polar surface area (TPSA) is 69.6 Å². The van der Waals surface area contributed by atoms with Crippen LogP contribution in [0.4, 0.5) is 0 Å². The molecule has 1 atom stereocenters. The lowest BCUT2D eigenvalue weighted by molar-refractivity contribution is 0.658. The number of nitrogens with two attached hydrogens (primary N) is 1. The van der Waals surface area contributed by atoms with Crippen molar-refractivity contribution in [2.24, 2.45) is 5.73 Å². The number of hydrogen-bond donors (Lipinski definition) is 1. The summed E-state index contributed by atoms with van der Waals surface area (Å²) >= 11 is 1.37. The van der Waals surface area contributed by atoms with Gasteiger partial charge in [-0.15, -0.1) is 5.10 Å². The maximum atomic E-state index is 6.24. The van der Waals surface area contributed by atoms with Gasteiger partial charge in [0, 0.05) is 18.3 Å². The molecule has 0 amide bonds. The molecule has 0 aliphatic rings. The number of aryl methyl sites for hydroxylation is 1. The first kappa shape index (κ1) is 12.2. The van der Waals surface area contributed by atoms with Gasteiger partial charge in [-0.3, -0.25) is 4.68 Å². The summed E-state index contributed by atoms with van der Waals surface area (Å²) in [7, 11) is 0. The van der Waals surface area contributed by atoms with Crippen LogP contribution in [0.1, 0.15) is 48.9 Å². The molecule has 6 heteroatoms. The van der Waals surface area contributed by atoms with E-state index in [1.165, 1.54) is 11.5 Å². The third kappa shape index (κ3) is 2.37. The molecule has 92 valence electrons. The fourth-order valence-corrected chi connectivity index (χ4v) is 2.52. The first-order valence-corrected chi connectivity index (χ1v) is 6.50. The van der Waals surface area contributed by atoms with E-state index in [9.17, 15) is 0 Å². The van der Waals surface area contributed by atoms with Crippen LogP contribution in [0.5, 0.6) is 0 Å². The van der Waals surface area contributed by atoms with E-state index in [4.69, 9.17) is 5.73 Å². The normalized spacial score (nSPS) is 13.2. The average molecular weight is 251 g/mol.